The largest absolute Gasteiger partial charge is 0.497 e. The molecule has 1 aromatic carbocycles. The number of hydrogen-bond donors (Lipinski definition) is 1. The van der Waals surface area contributed by atoms with Crippen LogP contribution in [0.2, 0.25) is 0 Å². The second-order valence-corrected chi connectivity index (χ2v) is 7.38. The lowest BCUT2D eigenvalue weighted by molar-refractivity contribution is -0.137. The zero-order valence-electron chi connectivity index (χ0n) is 16.0. The van der Waals surface area contributed by atoms with Gasteiger partial charge in [-0.1, -0.05) is 6.07 Å². The highest BCUT2D eigenvalue weighted by Gasteiger charge is 2.32. The fourth-order valence-corrected chi connectivity index (χ4v) is 3.20. The molecule has 1 amide bonds. The van der Waals surface area contributed by atoms with Crippen LogP contribution < -0.4 is 15.2 Å². The molecule has 0 saturated carbocycles. The third-order valence-electron chi connectivity index (χ3n) is 4.57. The normalized spacial score (nSPS) is 17.5. The number of amides is 1. The molecular weight excluding hydrogens is 344 g/mol. The van der Waals surface area contributed by atoms with E-state index in [9.17, 15) is 4.79 Å². The van der Waals surface area contributed by atoms with E-state index in [0.717, 1.165) is 25.1 Å². The van der Waals surface area contributed by atoms with Gasteiger partial charge in [-0.2, -0.15) is 0 Å². The number of rotatable bonds is 5. The fourth-order valence-electron chi connectivity index (χ4n) is 3.20. The molecule has 1 aromatic heterocycles. The summed E-state index contributed by atoms with van der Waals surface area (Å²) in [6.45, 7) is 4.79. The van der Waals surface area contributed by atoms with E-state index in [1.54, 1.807) is 39.4 Å². The molecule has 144 valence electrons. The number of aromatic nitrogens is 2. The molecule has 2 N–H and O–H groups in total. The molecule has 0 spiro atoms. The lowest BCUT2D eigenvalue weighted by Gasteiger charge is -2.36. The molecule has 1 fully saturated rings. The van der Waals surface area contributed by atoms with Gasteiger partial charge in [0.1, 0.15) is 11.5 Å². The van der Waals surface area contributed by atoms with Gasteiger partial charge in [0.25, 0.3) is 0 Å². The number of methoxy groups -OCH3 is 1. The number of ether oxygens (including phenoxy) is 2. The van der Waals surface area contributed by atoms with Crippen LogP contribution in [0, 0.1) is 0 Å². The van der Waals surface area contributed by atoms with Crippen molar-refractivity contribution in [2.75, 3.05) is 20.2 Å². The van der Waals surface area contributed by atoms with Crippen molar-refractivity contribution in [3.63, 3.8) is 0 Å². The van der Waals surface area contributed by atoms with E-state index in [4.69, 9.17) is 15.2 Å². The van der Waals surface area contributed by atoms with Crippen molar-refractivity contribution in [3.05, 3.63) is 42.4 Å². The maximum atomic E-state index is 12.5. The minimum atomic E-state index is -0.870. The quantitative estimate of drug-likeness (QED) is 0.870. The van der Waals surface area contributed by atoms with Gasteiger partial charge in [-0.15, -0.1) is 0 Å². The third-order valence-corrected chi connectivity index (χ3v) is 4.57. The molecule has 0 aliphatic carbocycles. The van der Waals surface area contributed by atoms with Gasteiger partial charge in [0.05, 0.1) is 24.5 Å². The predicted octanol–water partition coefficient (Wildman–Crippen LogP) is 2.72. The molecule has 0 bridgehead atoms. The molecule has 7 heteroatoms. The van der Waals surface area contributed by atoms with Gasteiger partial charge in [-0.05, 0) is 38.8 Å². The summed E-state index contributed by atoms with van der Waals surface area (Å²) in [6.07, 6.45) is 5.18. The van der Waals surface area contributed by atoms with E-state index >= 15 is 0 Å². The van der Waals surface area contributed by atoms with E-state index < -0.39 is 5.54 Å². The Morgan fingerprint density at radius 3 is 2.81 bits per heavy atom. The summed E-state index contributed by atoms with van der Waals surface area (Å²) in [5, 5.41) is 0. The van der Waals surface area contributed by atoms with E-state index in [2.05, 4.69) is 9.97 Å². The number of likely N-dealkylation sites (tertiary alicyclic amines) is 1. The first-order valence-corrected chi connectivity index (χ1v) is 9.09. The van der Waals surface area contributed by atoms with Crippen LogP contribution in [0.25, 0.3) is 0 Å². The van der Waals surface area contributed by atoms with E-state index in [1.807, 2.05) is 23.1 Å². The molecular formula is C20H26N4O3. The highest BCUT2D eigenvalue weighted by atomic mass is 16.5. The monoisotopic (exact) mass is 370 g/mol. The topological polar surface area (TPSA) is 90.6 Å². The molecule has 1 saturated heterocycles. The van der Waals surface area contributed by atoms with E-state index in [1.165, 1.54) is 0 Å². The van der Waals surface area contributed by atoms with Crippen molar-refractivity contribution in [3.8, 4) is 17.4 Å². The molecule has 0 unspecified atom stereocenters. The molecule has 1 aliphatic heterocycles. The Bertz CT molecular complexity index is 804. The second-order valence-electron chi connectivity index (χ2n) is 7.38. The van der Waals surface area contributed by atoms with Crippen molar-refractivity contribution in [1.82, 2.24) is 14.9 Å². The minimum Gasteiger partial charge on any atom is -0.497 e. The van der Waals surface area contributed by atoms with Crippen LogP contribution in [-0.4, -0.2) is 46.5 Å². The molecule has 1 aliphatic rings. The second kappa shape index (κ2) is 7.92. The van der Waals surface area contributed by atoms with E-state index in [-0.39, 0.29) is 11.8 Å². The van der Waals surface area contributed by atoms with Crippen LogP contribution in [0.1, 0.15) is 38.3 Å². The average molecular weight is 370 g/mol. The Balaban J connectivity index is 1.73. The molecule has 2 aromatic rings. The Morgan fingerprint density at radius 2 is 2.07 bits per heavy atom. The average Bonchev–Trinajstić information content (AvgIpc) is 2.67. The van der Waals surface area contributed by atoms with Gasteiger partial charge in [0, 0.05) is 31.3 Å². The van der Waals surface area contributed by atoms with Crippen molar-refractivity contribution in [2.45, 2.75) is 38.1 Å². The van der Waals surface area contributed by atoms with Crippen molar-refractivity contribution < 1.29 is 14.3 Å². The smallest absolute Gasteiger partial charge is 0.242 e. The molecule has 0 radical (unpaired) electrons. The lowest BCUT2D eigenvalue weighted by atomic mass is 9.93. The highest BCUT2D eigenvalue weighted by molar-refractivity contribution is 5.85. The molecule has 27 heavy (non-hydrogen) atoms. The van der Waals surface area contributed by atoms with Gasteiger partial charge in [-0.3, -0.25) is 9.78 Å². The first-order chi connectivity index (χ1) is 12.9. The number of nitrogens with zero attached hydrogens (tertiary/aromatic N) is 3. The van der Waals surface area contributed by atoms with Gasteiger partial charge in [0.2, 0.25) is 11.8 Å². The number of nitrogens with two attached hydrogens (primary N) is 1. The summed E-state index contributed by atoms with van der Waals surface area (Å²) < 4.78 is 11.0. The predicted molar refractivity (Wildman–Crippen MR) is 102 cm³/mol. The number of carbonyl (C=O) groups is 1. The maximum Gasteiger partial charge on any atom is 0.242 e. The molecule has 3 rings (SSSR count). The van der Waals surface area contributed by atoms with Gasteiger partial charge in [-0.25, -0.2) is 4.98 Å². The first-order valence-electron chi connectivity index (χ1n) is 9.09. The first kappa shape index (κ1) is 19.1. The van der Waals surface area contributed by atoms with Crippen LogP contribution in [0.5, 0.6) is 17.4 Å². The van der Waals surface area contributed by atoms with Crippen molar-refractivity contribution in [2.24, 2.45) is 5.73 Å². The highest BCUT2D eigenvalue weighted by Crippen LogP contribution is 2.29. The Morgan fingerprint density at radius 1 is 1.30 bits per heavy atom. The standard InChI is InChI=1S/C20H26N4O3/c1-20(2,21)19(25)24-9-5-6-14(13-24)17-11-22-12-18(23-17)27-16-8-4-7-15(10-16)26-3/h4,7-8,10-12,14H,5-6,9,13,21H2,1-3H3/t14-/m0/s1. The molecule has 7 nitrogen and oxygen atoms in total. The number of piperidine rings is 1. The number of benzene rings is 1. The summed E-state index contributed by atoms with van der Waals surface area (Å²) in [6, 6.07) is 7.33. The Labute approximate surface area is 159 Å². The lowest BCUT2D eigenvalue weighted by Crippen LogP contribution is -2.53. The Kier molecular flexibility index (Phi) is 5.60. The van der Waals surface area contributed by atoms with Gasteiger partial charge >= 0.3 is 0 Å². The zero-order valence-corrected chi connectivity index (χ0v) is 16.0. The summed E-state index contributed by atoms with van der Waals surface area (Å²) in [7, 11) is 1.61. The van der Waals surface area contributed by atoms with Crippen LogP contribution in [0.3, 0.4) is 0 Å². The van der Waals surface area contributed by atoms with Crippen LogP contribution in [-0.2, 0) is 4.79 Å². The van der Waals surface area contributed by atoms with Crippen molar-refractivity contribution in [1.29, 1.82) is 0 Å². The zero-order chi connectivity index (χ0) is 19.4. The summed E-state index contributed by atoms with van der Waals surface area (Å²) in [4.78, 5) is 23.2. The SMILES string of the molecule is COc1cccc(Oc2cncc([C@H]3CCCN(C(=O)C(C)(C)N)C3)n2)c1. The van der Waals surface area contributed by atoms with Crippen LogP contribution in [0.4, 0.5) is 0 Å². The van der Waals surface area contributed by atoms with Gasteiger partial charge < -0.3 is 20.1 Å². The van der Waals surface area contributed by atoms with E-state index in [0.29, 0.717) is 23.9 Å². The minimum absolute atomic E-state index is 0.0380. The van der Waals surface area contributed by atoms with Crippen molar-refractivity contribution >= 4 is 5.91 Å². The number of hydrogen-bond acceptors (Lipinski definition) is 6. The summed E-state index contributed by atoms with van der Waals surface area (Å²) in [5.41, 5.74) is 5.93. The van der Waals surface area contributed by atoms with Crippen LogP contribution in [0.15, 0.2) is 36.7 Å². The summed E-state index contributed by atoms with van der Waals surface area (Å²) >= 11 is 0. The Hall–Kier alpha value is -2.67. The fraction of sp³-hybridized carbons (Fsp3) is 0.450. The number of carbonyl (C=O) groups excluding carboxylic acids is 1. The van der Waals surface area contributed by atoms with Gasteiger partial charge in [0.15, 0.2) is 0 Å². The summed E-state index contributed by atoms with van der Waals surface area (Å²) in [5.74, 6) is 1.84. The molecule has 1 atom stereocenters. The van der Waals surface area contributed by atoms with Crippen LogP contribution >= 0.6 is 0 Å². The molecule has 2 heterocycles. The third kappa shape index (κ3) is 4.74. The maximum absolute atomic E-state index is 12.5.